The number of carbonyl (C=O) groups is 5. The number of nitrogens with two attached hydrogens (primary N) is 2. The SMILES string of the molecule is CSCCC(NC(=O)C(CC(N)=O)NC(=O)C(CCSC)NC(=O)CN)C(=O)O. The van der Waals surface area contributed by atoms with Gasteiger partial charge in [0.25, 0.3) is 0 Å². The summed E-state index contributed by atoms with van der Waals surface area (Å²) in [5, 5.41) is 16.4. The third-order valence-corrected chi connectivity index (χ3v) is 5.00. The second kappa shape index (κ2) is 14.9. The van der Waals surface area contributed by atoms with E-state index in [1.807, 2.05) is 6.26 Å². The Morgan fingerprint density at radius 3 is 1.79 bits per heavy atom. The highest BCUT2D eigenvalue weighted by Gasteiger charge is 2.30. The van der Waals surface area contributed by atoms with E-state index in [0.717, 1.165) is 0 Å². The van der Waals surface area contributed by atoms with Crippen LogP contribution < -0.4 is 27.4 Å². The fourth-order valence-electron chi connectivity index (χ4n) is 2.21. The number of hydrogen-bond donors (Lipinski definition) is 6. The molecule has 0 bridgehead atoms. The van der Waals surface area contributed by atoms with Gasteiger partial charge in [-0.1, -0.05) is 0 Å². The first kappa shape index (κ1) is 27.0. The monoisotopic (exact) mass is 451 g/mol. The number of amides is 4. The van der Waals surface area contributed by atoms with Gasteiger partial charge in [-0.2, -0.15) is 23.5 Å². The van der Waals surface area contributed by atoms with Crippen molar-refractivity contribution in [2.75, 3.05) is 30.6 Å². The molecule has 4 amide bonds. The molecule has 0 spiro atoms. The first-order valence-electron chi connectivity index (χ1n) is 8.75. The molecule has 0 aliphatic rings. The molecule has 29 heavy (non-hydrogen) atoms. The maximum absolute atomic E-state index is 12.6. The average molecular weight is 452 g/mol. The van der Waals surface area contributed by atoms with Gasteiger partial charge in [-0.25, -0.2) is 4.79 Å². The van der Waals surface area contributed by atoms with Gasteiger partial charge in [0.2, 0.25) is 23.6 Å². The molecule has 11 nitrogen and oxygen atoms in total. The van der Waals surface area contributed by atoms with E-state index < -0.39 is 54.1 Å². The van der Waals surface area contributed by atoms with Crippen LogP contribution in [0.5, 0.6) is 0 Å². The Balaban J connectivity index is 5.28. The Labute approximate surface area is 177 Å². The minimum absolute atomic E-state index is 0.169. The summed E-state index contributed by atoms with van der Waals surface area (Å²) < 4.78 is 0. The quantitative estimate of drug-likeness (QED) is 0.161. The summed E-state index contributed by atoms with van der Waals surface area (Å²) in [6.07, 6.45) is 3.54. The molecule has 3 unspecified atom stereocenters. The molecular weight excluding hydrogens is 422 g/mol. The van der Waals surface area contributed by atoms with Crippen molar-refractivity contribution < 1.29 is 29.1 Å². The van der Waals surface area contributed by atoms with E-state index in [-0.39, 0.29) is 19.4 Å². The summed E-state index contributed by atoms with van der Waals surface area (Å²) in [5.74, 6) is -3.14. The van der Waals surface area contributed by atoms with Crippen LogP contribution in [0.15, 0.2) is 0 Å². The van der Waals surface area contributed by atoms with Crippen LogP contribution in [0.1, 0.15) is 19.3 Å². The lowest BCUT2D eigenvalue weighted by Gasteiger charge is -2.23. The summed E-state index contributed by atoms with van der Waals surface area (Å²) in [6.45, 7) is -0.315. The van der Waals surface area contributed by atoms with Crippen molar-refractivity contribution in [3.8, 4) is 0 Å². The van der Waals surface area contributed by atoms with E-state index in [0.29, 0.717) is 11.5 Å². The average Bonchev–Trinajstić information content (AvgIpc) is 2.66. The van der Waals surface area contributed by atoms with Gasteiger partial charge in [-0.3, -0.25) is 19.2 Å². The number of nitrogens with one attached hydrogen (secondary N) is 3. The van der Waals surface area contributed by atoms with Crippen LogP contribution in [0.2, 0.25) is 0 Å². The maximum Gasteiger partial charge on any atom is 0.326 e. The van der Waals surface area contributed by atoms with Crippen LogP contribution in [0.25, 0.3) is 0 Å². The molecule has 13 heteroatoms. The fourth-order valence-corrected chi connectivity index (χ4v) is 3.15. The summed E-state index contributed by atoms with van der Waals surface area (Å²) in [5.41, 5.74) is 10.4. The zero-order valence-electron chi connectivity index (χ0n) is 16.4. The number of thioether (sulfide) groups is 2. The van der Waals surface area contributed by atoms with Crippen molar-refractivity contribution >= 4 is 53.1 Å². The van der Waals surface area contributed by atoms with Crippen LogP contribution in [0, 0.1) is 0 Å². The molecule has 0 rings (SSSR count). The topological polar surface area (TPSA) is 194 Å². The molecule has 0 saturated carbocycles. The Morgan fingerprint density at radius 1 is 0.862 bits per heavy atom. The molecule has 0 heterocycles. The Kier molecular flexibility index (Phi) is 13.9. The first-order valence-corrected chi connectivity index (χ1v) is 11.5. The molecule has 0 aliphatic carbocycles. The lowest BCUT2D eigenvalue weighted by Crippen LogP contribution is -2.57. The predicted molar refractivity (Wildman–Crippen MR) is 112 cm³/mol. The normalized spacial score (nSPS) is 13.6. The molecule has 0 aliphatic heterocycles. The van der Waals surface area contributed by atoms with Crippen molar-refractivity contribution in [3.05, 3.63) is 0 Å². The Morgan fingerprint density at radius 2 is 1.34 bits per heavy atom. The summed E-state index contributed by atoms with van der Waals surface area (Å²) in [4.78, 5) is 59.3. The maximum atomic E-state index is 12.6. The first-order chi connectivity index (χ1) is 13.7. The molecular formula is C16H29N5O6S2. The highest BCUT2D eigenvalue weighted by molar-refractivity contribution is 7.98. The summed E-state index contributed by atoms with van der Waals surface area (Å²) in [6, 6.07) is -3.51. The molecule has 3 atom stereocenters. The number of hydrogen-bond acceptors (Lipinski definition) is 8. The van der Waals surface area contributed by atoms with Gasteiger partial charge in [0, 0.05) is 0 Å². The third-order valence-electron chi connectivity index (χ3n) is 3.71. The molecule has 8 N–H and O–H groups in total. The van der Waals surface area contributed by atoms with Gasteiger partial charge in [0.1, 0.15) is 18.1 Å². The van der Waals surface area contributed by atoms with Crippen molar-refractivity contribution in [2.45, 2.75) is 37.4 Å². The van der Waals surface area contributed by atoms with E-state index in [4.69, 9.17) is 11.5 Å². The van der Waals surface area contributed by atoms with Gasteiger partial charge in [0.05, 0.1) is 13.0 Å². The largest absolute Gasteiger partial charge is 0.480 e. The minimum atomic E-state index is -1.37. The van der Waals surface area contributed by atoms with Crippen LogP contribution in [0.4, 0.5) is 0 Å². The molecule has 0 fully saturated rings. The Bertz CT molecular complexity index is 592. The highest BCUT2D eigenvalue weighted by Crippen LogP contribution is 2.05. The van der Waals surface area contributed by atoms with Crippen molar-refractivity contribution in [1.29, 1.82) is 0 Å². The third kappa shape index (κ3) is 11.6. The number of carboxylic acids is 1. The van der Waals surface area contributed by atoms with Gasteiger partial charge < -0.3 is 32.5 Å². The van der Waals surface area contributed by atoms with Crippen LogP contribution in [-0.2, 0) is 24.0 Å². The molecule has 0 saturated heterocycles. The zero-order valence-corrected chi connectivity index (χ0v) is 18.1. The summed E-state index contributed by atoms with van der Waals surface area (Å²) in [7, 11) is 0. The lowest BCUT2D eigenvalue weighted by atomic mass is 10.1. The number of primary amides is 1. The Hall–Kier alpha value is -1.99. The molecule has 0 radical (unpaired) electrons. The van der Waals surface area contributed by atoms with Crippen LogP contribution in [0.3, 0.4) is 0 Å². The molecule has 0 aromatic carbocycles. The lowest BCUT2D eigenvalue weighted by molar-refractivity contribution is -0.142. The smallest absolute Gasteiger partial charge is 0.326 e. The second-order valence-electron chi connectivity index (χ2n) is 6.02. The number of carboxylic acid groups (broad SMARTS) is 1. The van der Waals surface area contributed by atoms with Gasteiger partial charge in [0.15, 0.2) is 0 Å². The van der Waals surface area contributed by atoms with Crippen molar-refractivity contribution in [1.82, 2.24) is 16.0 Å². The fraction of sp³-hybridized carbons (Fsp3) is 0.688. The molecule has 166 valence electrons. The predicted octanol–water partition coefficient (Wildman–Crippen LogP) is -2.13. The number of rotatable bonds is 15. The minimum Gasteiger partial charge on any atom is -0.480 e. The zero-order chi connectivity index (χ0) is 22.4. The van der Waals surface area contributed by atoms with E-state index in [1.165, 1.54) is 23.5 Å². The highest BCUT2D eigenvalue weighted by atomic mass is 32.2. The second-order valence-corrected chi connectivity index (χ2v) is 7.99. The van der Waals surface area contributed by atoms with Gasteiger partial charge >= 0.3 is 5.97 Å². The number of aliphatic carboxylic acids is 1. The summed E-state index contributed by atoms with van der Waals surface area (Å²) >= 11 is 2.87. The number of carbonyl (C=O) groups excluding carboxylic acids is 4. The van der Waals surface area contributed by atoms with Gasteiger partial charge in [-0.05, 0) is 36.9 Å². The van der Waals surface area contributed by atoms with E-state index >= 15 is 0 Å². The van der Waals surface area contributed by atoms with E-state index in [2.05, 4.69) is 16.0 Å². The van der Waals surface area contributed by atoms with E-state index in [9.17, 15) is 29.1 Å². The van der Waals surface area contributed by atoms with Crippen molar-refractivity contribution in [2.24, 2.45) is 11.5 Å². The van der Waals surface area contributed by atoms with E-state index in [1.54, 1.807) is 6.26 Å². The van der Waals surface area contributed by atoms with Crippen LogP contribution >= 0.6 is 23.5 Å². The molecule has 0 aromatic heterocycles. The van der Waals surface area contributed by atoms with Crippen molar-refractivity contribution in [3.63, 3.8) is 0 Å². The van der Waals surface area contributed by atoms with Crippen LogP contribution in [-0.4, -0.2) is 83.4 Å². The van der Waals surface area contributed by atoms with Gasteiger partial charge in [-0.15, -0.1) is 0 Å². The standard InChI is InChI=1S/C16H29N5O6S2/c1-28-5-3-9(19-13(23)8-17)14(24)21-11(7-12(18)22)15(25)20-10(16(26)27)4-6-29-2/h9-11H,3-8,17H2,1-2H3,(H2,18,22)(H,19,23)(H,20,25)(H,21,24)(H,26,27). The molecule has 0 aromatic rings.